The van der Waals surface area contributed by atoms with Gasteiger partial charge in [-0.1, -0.05) is 20.3 Å². The van der Waals surface area contributed by atoms with E-state index >= 15 is 0 Å². The predicted molar refractivity (Wildman–Crippen MR) is 74.4 cm³/mol. The predicted octanol–water partition coefficient (Wildman–Crippen LogP) is 2.51. The topological polar surface area (TPSA) is 56.7 Å². The van der Waals surface area contributed by atoms with Crippen LogP contribution in [0.15, 0.2) is 18.3 Å². The molecule has 2 aromatic rings. The summed E-state index contributed by atoms with van der Waals surface area (Å²) in [6.45, 7) is 5.29. The number of nitrogens with two attached hydrogens (primary N) is 1. The first kappa shape index (κ1) is 13.0. The highest BCUT2D eigenvalue weighted by Gasteiger charge is 2.13. The van der Waals surface area contributed by atoms with Crippen molar-refractivity contribution in [3.63, 3.8) is 0 Å². The van der Waals surface area contributed by atoms with Crippen LogP contribution in [-0.4, -0.2) is 20.6 Å². The van der Waals surface area contributed by atoms with Gasteiger partial charge in [-0.05, 0) is 25.0 Å². The molecule has 98 valence electrons. The van der Waals surface area contributed by atoms with Crippen molar-refractivity contribution in [1.82, 2.24) is 14.5 Å². The van der Waals surface area contributed by atoms with E-state index in [0.717, 1.165) is 49.2 Å². The van der Waals surface area contributed by atoms with E-state index in [1.165, 1.54) is 0 Å². The van der Waals surface area contributed by atoms with Crippen molar-refractivity contribution in [3.05, 3.63) is 24.2 Å². The normalized spacial score (nSPS) is 13.1. The number of pyridine rings is 1. The smallest absolute Gasteiger partial charge is 0.159 e. The summed E-state index contributed by atoms with van der Waals surface area (Å²) in [5.41, 5.74) is 8.09. The van der Waals surface area contributed by atoms with Crippen LogP contribution in [0.4, 0.5) is 0 Å². The maximum Gasteiger partial charge on any atom is 0.159 e. The summed E-state index contributed by atoms with van der Waals surface area (Å²) in [7, 11) is 0. The molecule has 0 aliphatic rings. The molecule has 0 aliphatic heterocycles. The number of aryl methyl sites for hydroxylation is 1. The molecule has 0 aliphatic carbocycles. The van der Waals surface area contributed by atoms with Crippen LogP contribution in [-0.2, 0) is 13.0 Å². The SMILES string of the molecule is CCCC(N)Cc1nc2cccnc2n1CCC. The minimum atomic E-state index is 0.197. The van der Waals surface area contributed by atoms with E-state index < -0.39 is 0 Å². The summed E-state index contributed by atoms with van der Waals surface area (Å²) in [6, 6.07) is 4.15. The number of imidazole rings is 1. The zero-order valence-corrected chi connectivity index (χ0v) is 11.3. The van der Waals surface area contributed by atoms with Crippen LogP contribution in [0.5, 0.6) is 0 Å². The summed E-state index contributed by atoms with van der Waals surface area (Å²) in [5.74, 6) is 1.08. The van der Waals surface area contributed by atoms with E-state index in [4.69, 9.17) is 5.73 Å². The van der Waals surface area contributed by atoms with Crippen LogP contribution in [0, 0.1) is 0 Å². The lowest BCUT2D eigenvalue weighted by Gasteiger charge is -2.11. The third-order valence-corrected chi connectivity index (χ3v) is 3.13. The van der Waals surface area contributed by atoms with Crippen molar-refractivity contribution in [2.75, 3.05) is 0 Å². The fourth-order valence-corrected chi connectivity index (χ4v) is 2.33. The van der Waals surface area contributed by atoms with Crippen molar-refractivity contribution in [2.45, 2.75) is 52.1 Å². The summed E-state index contributed by atoms with van der Waals surface area (Å²) >= 11 is 0. The highest BCUT2D eigenvalue weighted by atomic mass is 15.1. The molecule has 2 aromatic heterocycles. The summed E-state index contributed by atoms with van der Waals surface area (Å²) in [4.78, 5) is 9.11. The molecule has 0 saturated heterocycles. The molecule has 0 radical (unpaired) electrons. The molecule has 0 aromatic carbocycles. The monoisotopic (exact) mass is 246 g/mol. The van der Waals surface area contributed by atoms with Gasteiger partial charge in [0.2, 0.25) is 0 Å². The molecule has 2 N–H and O–H groups in total. The van der Waals surface area contributed by atoms with E-state index in [0.29, 0.717) is 0 Å². The zero-order valence-electron chi connectivity index (χ0n) is 11.3. The van der Waals surface area contributed by atoms with Gasteiger partial charge in [0.1, 0.15) is 11.3 Å². The third-order valence-electron chi connectivity index (χ3n) is 3.13. The van der Waals surface area contributed by atoms with Crippen LogP contribution >= 0.6 is 0 Å². The minimum Gasteiger partial charge on any atom is -0.327 e. The van der Waals surface area contributed by atoms with Crippen LogP contribution < -0.4 is 5.73 Å². The molecule has 2 rings (SSSR count). The van der Waals surface area contributed by atoms with E-state index in [1.807, 2.05) is 18.3 Å². The molecule has 2 heterocycles. The molecule has 1 atom stereocenters. The molecule has 18 heavy (non-hydrogen) atoms. The molecule has 0 fully saturated rings. The van der Waals surface area contributed by atoms with E-state index in [1.54, 1.807) is 0 Å². The Morgan fingerprint density at radius 2 is 2.17 bits per heavy atom. The number of aromatic nitrogens is 3. The number of hydrogen-bond donors (Lipinski definition) is 1. The molecular formula is C14H22N4. The number of nitrogens with zero attached hydrogens (tertiary/aromatic N) is 3. The van der Waals surface area contributed by atoms with Crippen molar-refractivity contribution < 1.29 is 0 Å². The Balaban J connectivity index is 2.33. The van der Waals surface area contributed by atoms with Crippen LogP contribution in [0.1, 0.15) is 38.9 Å². The van der Waals surface area contributed by atoms with Gasteiger partial charge in [-0.25, -0.2) is 9.97 Å². The lowest BCUT2D eigenvalue weighted by atomic mass is 10.1. The third kappa shape index (κ3) is 2.70. The lowest BCUT2D eigenvalue weighted by molar-refractivity contribution is 0.556. The van der Waals surface area contributed by atoms with Gasteiger partial charge in [-0.3, -0.25) is 0 Å². The fraction of sp³-hybridized carbons (Fsp3) is 0.571. The van der Waals surface area contributed by atoms with Gasteiger partial charge in [0.15, 0.2) is 5.65 Å². The number of fused-ring (bicyclic) bond motifs is 1. The Morgan fingerprint density at radius 1 is 1.33 bits per heavy atom. The second-order valence-corrected chi connectivity index (χ2v) is 4.78. The van der Waals surface area contributed by atoms with E-state index in [9.17, 15) is 0 Å². The lowest BCUT2D eigenvalue weighted by Crippen LogP contribution is -2.24. The van der Waals surface area contributed by atoms with Crippen molar-refractivity contribution >= 4 is 11.2 Å². The first-order valence-electron chi connectivity index (χ1n) is 6.82. The van der Waals surface area contributed by atoms with Crippen molar-refractivity contribution in [3.8, 4) is 0 Å². The molecule has 0 amide bonds. The molecule has 0 bridgehead atoms. The largest absolute Gasteiger partial charge is 0.327 e. The Bertz CT molecular complexity index is 503. The zero-order chi connectivity index (χ0) is 13.0. The first-order chi connectivity index (χ1) is 8.76. The first-order valence-corrected chi connectivity index (χ1v) is 6.82. The van der Waals surface area contributed by atoms with Gasteiger partial charge in [0.25, 0.3) is 0 Å². The Kier molecular flexibility index (Phi) is 4.31. The van der Waals surface area contributed by atoms with Crippen molar-refractivity contribution in [2.24, 2.45) is 5.73 Å². The number of hydrogen-bond acceptors (Lipinski definition) is 3. The highest BCUT2D eigenvalue weighted by Crippen LogP contribution is 2.16. The summed E-state index contributed by atoms with van der Waals surface area (Å²) in [5, 5.41) is 0. The molecule has 0 saturated carbocycles. The summed E-state index contributed by atoms with van der Waals surface area (Å²) < 4.78 is 2.21. The summed E-state index contributed by atoms with van der Waals surface area (Å²) in [6.07, 6.45) is 5.91. The van der Waals surface area contributed by atoms with Gasteiger partial charge >= 0.3 is 0 Å². The van der Waals surface area contributed by atoms with Crippen LogP contribution in [0.2, 0.25) is 0 Å². The second-order valence-electron chi connectivity index (χ2n) is 4.78. The maximum absolute atomic E-state index is 6.13. The quantitative estimate of drug-likeness (QED) is 0.852. The van der Waals surface area contributed by atoms with Gasteiger partial charge in [0, 0.05) is 25.2 Å². The molecule has 4 nitrogen and oxygen atoms in total. The molecule has 0 spiro atoms. The highest BCUT2D eigenvalue weighted by molar-refractivity contribution is 5.71. The van der Waals surface area contributed by atoms with Crippen molar-refractivity contribution in [1.29, 1.82) is 0 Å². The molecule has 1 unspecified atom stereocenters. The Morgan fingerprint density at radius 3 is 2.89 bits per heavy atom. The number of rotatable bonds is 6. The Hall–Kier alpha value is -1.42. The average molecular weight is 246 g/mol. The second kappa shape index (κ2) is 5.96. The van der Waals surface area contributed by atoms with Gasteiger partial charge in [0.05, 0.1) is 0 Å². The van der Waals surface area contributed by atoms with Crippen LogP contribution in [0.25, 0.3) is 11.2 Å². The standard InChI is InChI=1S/C14H22N4/c1-3-6-11(15)10-13-17-12-7-5-8-16-14(12)18(13)9-4-2/h5,7-8,11H,3-4,6,9-10,15H2,1-2H3. The molecule has 4 heteroatoms. The molecular weight excluding hydrogens is 224 g/mol. The van der Waals surface area contributed by atoms with Gasteiger partial charge in [-0.15, -0.1) is 0 Å². The van der Waals surface area contributed by atoms with Gasteiger partial charge < -0.3 is 10.3 Å². The minimum absolute atomic E-state index is 0.197. The van der Waals surface area contributed by atoms with Gasteiger partial charge in [-0.2, -0.15) is 0 Å². The fourth-order valence-electron chi connectivity index (χ4n) is 2.33. The van der Waals surface area contributed by atoms with E-state index in [-0.39, 0.29) is 6.04 Å². The van der Waals surface area contributed by atoms with Crippen LogP contribution in [0.3, 0.4) is 0 Å². The van der Waals surface area contributed by atoms with E-state index in [2.05, 4.69) is 28.4 Å². The maximum atomic E-state index is 6.13. The Labute approximate surface area is 108 Å². The average Bonchev–Trinajstić information content (AvgIpc) is 2.68.